The van der Waals surface area contributed by atoms with Gasteiger partial charge in [-0.1, -0.05) is 11.6 Å². The van der Waals surface area contributed by atoms with Crippen molar-refractivity contribution in [3.63, 3.8) is 0 Å². The molecule has 0 N–H and O–H groups in total. The van der Waals surface area contributed by atoms with Crippen molar-refractivity contribution in [3.8, 4) is 11.3 Å². The van der Waals surface area contributed by atoms with Crippen LogP contribution in [0.25, 0.3) is 17.4 Å². The van der Waals surface area contributed by atoms with Crippen molar-refractivity contribution in [1.29, 1.82) is 0 Å². The highest BCUT2D eigenvalue weighted by Crippen LogP contribution is 2.31. The van der Waals surface area contributed by atoms with Crippen molar-refractivity contribution in [3.05, 3.63) is 57.3 Å². The van der Waals surface area contributed by atoms with E-state index in [-0.39, 0.29) is 10.7 Å². The van der Waals surface area contributed by atoms with Crippen molar-refractivity contribution in [2.45, 2.75) is 0 Å². The Balaban J connectivity index is 2.30. The van der Waals surface area contributed by atoms with Crippen LogP contribution in [0.5, 0.6) is 0 Å². The number of hydrogen-bond acceptors (Lipinski definition) is 5. The quantitative estimate of drug-likeness (QED) is 0.372. The fraction of sp³-hybridized carbons (Fsp3) is 0.0714. The molecule has 0 unspecified atom stereocenters. The zero-order valence-corrected chi connectivity index (χ0v) is 11.7. The van der Waals surface area contributed by atoms with Crippen LogP contribution in [0.1, 0.15) is 5.76 Å². The van der Waals surface area contributed by atoms with E-state index in [0.717, 1.165) is 0 Å². The molecular formula is C14H10ClNO5. The standard InChI is InChI=1S/C14H10ClNO5/c1-20-14(17)7-4-10-3-6-13(21-10)9-2-5-11(15)12(8-9)16(18)19/h2-8H,1H3/b7-4+. The number of esters is 1. The number of carbonyl (C=O) groups excluding carboxylic acids is 1. The molecule has 0 saturated carbocycles. The van der Waals surface area contributed by atoms with Gasteiger partial charge in [-0.25, -0.2) is 4.79 Å². The molecule has 0 atom stereocenters. The minimum atomic E-state index is -0.563. The fourth-order valence-electron chi connectivity index (χ4n) is 1.62. The van der Waals surface area contributed by atoms with Gasteiger partial charge in [0.1, 0.15) is 16.5 Å². The van der Waals surface area contributed by atoms with Gasteiger partial charge in [-0.05, 0) is 30.3 Å². The van der Waals surface area contributed by atoms with Crippen LogP contribution in [0.4, 0.5) is 5.69 Å². The normalized spacial score (nSPS) is 10.8. The van der Waals surface area contributed by atoms with Gasteiger partial charge in [-0.15, -0.1) is 0 Å². The van der Waals surface area contributed by atoms with Gasteiger partial charge >= 0.3 is 5.97 Å². The van der Waals surface area contributed by atoms with E-state index in [4.69, 9.17) is 16.0 Å². The number of carbonyl (C=O) groups is 1. The van der Waals surface area contributed by atoms with E-state index >= 15 is 0 Å². The van der Waals surface area contributed by atoms with E-state index < -0.39 is 10.9 Å². The van der Waals surface area contributed by atoms with Gasteiger partial charge in [-0.3, -0.25) is 10.1 Å². The van der Waals surface area contributed by atoms with Crippen LogP contribution in [0, 0.1) is 10.1 Å². The minimum Gasteiger partial charge on any atom is -0.466 e. The number of nitro groups is 1. The van der Waals surface area contributed by atoms with Gasteiger partial charge in [0.2, 0.25) is 0 Å². The minimum absolute atomic E-state index is 0.0566. The first kappa shape index (κ1) is 14.8. The van der Waals surface area contributed by atoms with Gasteiger partial charge in [0.05, 0.1) is 12.0 Å². The Morgan fingerprint density at radius 2 is 2.14 bits per heavy atom. The molecule has 0 radical (unpaired) electrons. The molecule has 0 bridgehead atoms. The Hall–Kier alpha value is -2.60. The first-order valence-corrected chi connectivity index (χ1v) is 6.19. The number of methoxy groups -OCH3 is 1. The van der Waals surface area contributed by atoms with Crippen LogP contribution in [0.15, 0.2) is 40.8 Å². The molecule has 0 aliphatic rings. The molecule has 0 aliphatic heterocycles. The highest BCUT2D eigenvalue weighted by molar-refractivity contribution is 6.32. The van der Waals surface area contributed by atoms with Crippen molar-refractivity contribution in [2.24, 2.45) is 0 Å². The molecule has 1 aromatic heterocycles. The maximum absolute atomic E-state index is 11.0. The van der Waals surface area contributed by atoms with E-state index in [1.54, 1.807) is 18.2 Å². The highest BCUT2D eigenvalue weighted by atomic mass is 35.5. The Kier molecular flexibility index (Phi) is 4.39. The van der Waals surface area contributed by atoms with Gasteiger partial charge in [0, 0.05) is 17.7 Å². The Morgan fingerprint density at radius 1 is 1.38 bits per heavy atom. The number of rotatable bonds is 4. The summed E-state index contributed by atoms with van der Waals surface area (Å²) in [5, 5.41) is 10.9. The Labute approximate surface area is 124 Å². The Morgan fingerprint density at radius 3 is 2.81 bits per heavy atom. The highest BCUT2D eigenvalue weighted by Gasteiger charge is 2.15. The summed E-state index contributed by atoms with van der Waals surface area (Å²) >= 11 is 5.75. The number of benzene rings is 1. The van der Waals surface area contributed by atoms with Gasteiger partial charge in [-0.2, -0.15) is 0 Å². The summed E-state index contributed by atoms with van der Waals surface area (Å²) in [4.78, 5) is 21.3. The molecule has 0 spiro atoms. The number of hydrogen-bond donors (Lipinski definition) is 0. The second-order valence-electron chi connectivity index (χ2n) is 3.98. The second kappa shape index (κ2) is 6.23. The smallest absolute Gasteiger partial charge is 0.330 e. The molecule has 108 valence electrons. The molecule has 0 amide bonds. The van der Waals surface area contributed by atoms with E-state index in [0.29, 0.717) is 17.1 Å². The van der Waals surface area contributed by atoms with Gasteiger partial charge in [0.15, 0.2) is 0 Å². The average molecular weight is 308 g/mol. The average Bonchev–Trinajstić information content (AvgIpc) is 2.93. The van der Waals surface area contributed by atoms with Crippen LogP contribution >= 0.6 is 11.6 Å². The van der Waals surface area contributed by atoms with Crippen LogP contribution in [-0.4, -0.2) is 18.0 Å². The molecule has 7 heteroatoms. The molecule has 0 aliphatic carbocycles. The lowest BCUT2D eigenvalue weighted by atomic mass is 10.1. The van der Waals surface area contributed by atoms with E-state index in [1.165, 1.54) is 31.4 Å². The third kappa shape index (κ3) is 3.49. The summed E-state index contributed by atoms with van der Waals surface area (Å²) in [6.07, 6.45) is 2.66. The van der Waals surface area contributed by atoms with E-state index in [1.807, 2.05) is 0 Å². The molecule has 0 fully saturated rings. The van der Waals surface area contributed by atoms with E-state index in [2.05, 4.69) is 4.74 Å². The van der Waals surface area contributed by atoms with Crippen LogP contribution < -0.4 is 0 Å². The summed E-state index contributed by atoms with van der Waals surface area (Å²) in [6, 6.07) is 7.65. The number of ether oxygens (including phenoxy) is 1. The maximum atomic E-state index is 11.0. The van der Waals surface area contributed by atoms with Crippen molar-refractivity contribution in [2.75, 3.05) is 7.11 Å². The van der Waals surface area contributed by atoms with Gasteiger partial charge < -0.3 is 9.15 Å². The third-order valence-corrected chi connectivity index (χ3v) is 2.96. The van der Waals surface area contributed by atoms with Crippen LogP contribution in [0.2, 0.25) is 5.02 Å². The SMILES string of the molecule is COC(=O)/C=C/c1ccc(-c2ccc(Cl)c([N+](=O)[O-])c2)o1. The first-order valence-electron chi connectivity index (χ1n) is 5.81. The molecule has 1 heterocycles. The number of nitrogens with zero attached hydrogens (tertiary/aromatic N) is 1. The molecule has 0 saturated heterocycles. The fourth-order valence-corrected chi connectivity index (χ4v) is 1.81. The summed E-state index contributed by atoms with van der Waals surface area (Å²) in [5.74, 6) is 0.349. The van der Waals surface area contributed by atoms with Gasteiger partial charge in [0.25, 0.3) is 5.69 Å². The number of halogens is 1. The monoisotopic (exact) mass is 307 g/mol. The zero-order valence-electron chi connectivity index (χ0n) is 10.9. The molecule has 2 aromatic rings. The topological polar surface area (TPSA) is 82.6 Å². The van der Waals surface area contributed by atoms with Crippen molar-refractivity contribution in [1.82, 2.24) is 0 Å². The van der Waals surface area contributed by atoms with Crippen molar-refractivity contribution >= 4 is 29.3 Å². The van der Waals surface area contributed by atoms with E-state index in [9.17, 15) is 14.9 Å². The molecule has 21 heavy (non-hydrogen) atoms. The Bertz CT molecular complexity index is 720. The number of nitro benzene ring substituents is 1. The van der Waals surface area contributed by atoms with Crippen molar-refractivity contribution < 1.29 is 18.9 Å². The maximum Gasteiger partial charge on any atom is 0.330 e. The second-order valence-corrected chi connectivity index (χ2v) is 4.39. The number of furan rings is 1. The lowest BCUT2D eigenvalue weighted by Gasteiger charge is -1.99. The van der Waals surface area contributed by atoms with Crippen LogP contribution in [0.3, 0.4) is 0 Å². The summed E-state index contributed by atoms with van der Waals surface area (Å²) in [5.41, 5.74) is 0.320. The predicted octanol–water partition coefficient (Wildman–Crippen LogP) is 3.69. The molecule has 2 rings (SSSR count). The third-order valence-electron chi connectivity index (χ3n) is 2.64. The lowest BCUT2D eigenvalue weighted by molar-refractivity contribution is -0.384. The first-order chi connectivity index (χ1) is 10.0. The zero-order chi connectivity index (χ0) is 15.4. The molecular weight excluding hydrogens is 298 g/mol. The summed E-state index contributed by atoms with van der Waals surface area (Å²) in [6.45, 7) is 0. The molecule has 1 aromatic carbocycles. The summed E-state index contributed by atoms with van der Waals surface area (Å²) < 4.78 is 9.94. The largest absolute Gasteiger partial charge is 0.466 e. The lowest BCUT2D eigenvalue weighted by Crippen LogP contribution is -1.92. The van der Waals surface area contributed by atoms with Crippen LogP contribution in [-0.2, 0) is 9.53 Å². The molecule has 6 nitrogen and oxygen atoms in total. The predicted molar refractivity (Wildman–Crippen MR) is 76.9 cm³/mol. The summed E-state index contributed by atoms with van der Waals surface area (Å²) in [7, 11) is 1.27.